The van der Waals surface area contributed by atoms with Gasteiger partial charge in [-0.15, -0.1) is 0 Å². The van der Waals surface area contributed by atoms with Gasteiger partial charge in [0.15, 0.2) is 0 Å². The van der Waals surface area contributed by atoms with Crippen LogP contribution in [0.3, 0.4) is 0 Å². The van der Waals surface area contributed by atoms with Gasteiger partial charge in [-0.2, -0.15) is 0 Å². The van der Waals surface area contributed by atoms with Gasteiger partial charge in [0.2, 0.25) is 0 Å². The minimum Gasteiger partial charge on any atom is -0.426 e. The quantitative estimate of drug-likeness (QED) is 0.363. The summed E-state index contributed by atoms with van der Waals surface area (Å²) >= 11 is 0. The van der Waals surface area contributed by atoms with Gasteiger partial charge in [0.05, 0.1) is 5.92 Å². The third-order valence-corrected chi connectivity index (χ3v) is 6.51. The summed E-state index contributed by atoms with van der Waals surface area (Å²) in [5.74, 6) is -0.336. The van der Waals surface area contributed by atoms with Gasteiger partial charge in [-0.25, -0.2) is 0 Å². The van der Waals surface area contributed by atoms with E-state index in [0.717, 1.165) is 5.56 Å². The molecule has 0 aromatic heterocycles. The highest BCUT2D eigenvalue weighted by Crippen LogP contribution is 2.64. The molecule has 5 rings (SSSR count). The summed E-state index contributed by atoms with van der Waals surface area (Å²) < 4.78 is 5.52. The Hall–Kier alpha value is -2.23. The van der Waals surface area contributed by atoms with Gasteiger partial charge in [0.1, 0.15) is 17.3 Å². The molecule has 0 heterocycles. The molecule has 122 valence electrons. The largest absolute Gasteiger partial charge is 0.426 e. The van der Waals surface area contributed by atoms with Gasteiger partial charge in [-0.05, 0) is 37.3 Å². The highest BCUT2D eigenvalue weighted by Gasteiger charge is 2.69. The van der Waals surface area contributed by atoms with E-state index in [1.54, 1.807) is 12.1 Å². The van der Waals surface area contributed by atoms with Crippen LogP contribution in [-0.4, -0.2) is 17.5 Å². The average Bonchev–Trinajstić information content (AvgIpc) is 3.27. The predicted octanol–water partition coefficient (Wildman–Crippen LogP) is 2.35. The highest BCUT2D eigenvalue weighted by molar-refractivity contribution is 6.01. The molecule has 0 amide bonds. The second-order valence-electron chi connectivity index (χ2n) is 7.60. The molecule has 7 atom stereocenters. The van der Waals surface area contributed by atoms with Crippen molar-refractivity contribution in [2.75, 3.05) is 0 Å². The fourth-order valence-corrected chi connectivity index (χ4v) is 5.57. The number of hydrogen-bond donors (Lipinski definition) is 0. The number of carbonyl (C=O) groups is 3. The molecule has 4 nitrogen and oxygen atoms in total. The van der Waals surface area contributed by atoms with Crippen LogP contribution < -0.4 is 4.74 Å². The van der Waals surface area contributed by atoms with Crippen molar-refractivity contribution in [1.29, 1.82) is 0 Å². The molecule has 3 saturated carbocycles. The van der Waals surface area contributed by atoms with Crippen molar-refractivity contribution in [2.24, 2.45) is 41.4 Å². The van der Waals surface area contributed by atoms with E-state index in [-0.39, 0.29) is 53.0 Å². The van der Waals surface area contributed by atoms with Crippen molar-refractivity contribution >= 4 is 17.5 Å². The fourth-order valence-electron chi connectivity index (χ4n) is 5.57. The first kappa shape index (κ1) is 14.1. The third kappa shape index (κ3) is 1.66. The van der Waals surface area contributed by atoms with E-state index in [0.29, 0.717) is 12.2 Å². The second kappa shape index (κ2) is 4.65. The maximum atomic E-state index is 12.7. The summed E-state index contributed by atoms with van der Waals surface area (Å²) in [7, 11) is 0. The Kier molecular flexibility index (Phi) is 2.74. The molecule has 1 aromatic rings. The zero-order valence-corrected chi connectivity index (χ0v) is 13.3. The molecular formula is C20H18O4. The van der Waals surface area contributed by atoms with Crippen molar-refractivity contribution in [1.82, 2.24) is 0 Å². The summed E-state index contributed by atoms with van der Waals surface area (Å²) in [5, 5.41) is 0. The summed E-state index contributed by atoms with van der Waals surface area (Å²) in [6.45, 7) is 1.97. The van der Waals surface area contributed by atoms with Crippen LogP contribution in [0.1, 0.15) is 12.0 Å². The van der Waals surface area contributed by atoms with E-state index in [1.165, 1.54) is 0 Å². The van der Waals surface area contributed by atoms with Crippen molar-refractivity contribution in [3.8, 4) is 5.75 Å². The van der Waals surface area contributed by atoms with Crippen LogP contribution in [0.15, 0.2) is 36.4 Å². The molecular weight excluding hydrogens is 304 g/mol. The second-order valence-corrected chi connectivity index (χ2v) is 7.60. The smallest absolute Gasteiger partial charge is 0.315 e. The molecule has 0 N–H and O–H groups in total. The number of fused-ring (bicyclic) bond motifs is 9. The highest BCUT2D eigenvalue weighted by atomic mass is 16.5. The van der Waals surface area contributed by atoms with Crippen molar-refractivity contribution < 1.29 is 19.1 Å². The zero-order valence-electron chi connectivity index (χ0n) is 13.3. The standard InChI is InChI=1S/C20H18O4/c1-9-2-4-10(5-3-9)24-20(23)14-8-13-15-11-6-7-12(18(11)21)16(15)17(14)19(13)22/h2-7,11-17H,8H2,1H3. The number of allylic oxidation sites excluding steroid dienone is 2. The Morgan fingerprint density at radius 2 is 1.67 bits per heavy atom. The average molecular weight is 322 g/mol. The minimum absolute atomic E-state index is 0.0225. The van der Waals surface area contributed by atoms with Crippen molar-refractivity contribution in [3.63, 3.8) is 0 Å². The molecule has 4 heteroatoms. The number of hydrogen-bond acceptors (Lipinski definition) is 4. The van der Waals surface area contributed by atoms with Crippen LogP contribution in [0.2, 0.25) is 0 Å². The maximum Gasteiger partial charge on any atom is 0.315 e. The summed E-state index contributed by atoms with van der Waals surface area (Å²) in [5.41, 5.74) is 1.10. The van der Waals surface area contributed by atoms with Crippen LogP contribution >= 0.6 is 0 Å². The normalized spacial score (nSPS) is 41.1. The Balaban J connectivity index is 1.40. The number of esters is 1. The Morgan fingerprint density at radius 1 is 1.00 bits per heavy atom. The van der Waals surface area contributed by atoms with Gasteiger partial charge in [0.25, 0.3) is 0 Å². The lowest BCUT2D eigenvalue weighted by molar-refractivity contribution is -0.143. The third-order valence-electron chi connectivity index (χ3n) is 6.51. The van der Waals surface area contributed by atoms with Gasteiger partial charge < -0.3 is 4.74 Å². The number of rotatable bonds is 2. The van der Waals surface area contributed by atoms with Gasteiger partial charge in [0, 0.05) is 23.7 Å². The molecule has 4 aliphatic carbocycles. The minimum atomic E-state index is -0.398. The lowest BCUT2D eigenvalue weighted by Crippen LogP contribution is -2.36. The Bertz CT molecular complexity index is 790. The fraction of sp³-hybridized carbons (Fsp3) is 0.450. The summed E-state index contributed by atoms with van der Waals surface area (Å²) in [6, 6.07) is 7.33. The van der Waals surface area contributed by atoms with Crippen LogP contribution in [0.25, 0.3) is 0 Å². The first-order valence-corrected chi connectivity index (χ1v) is 8.60. The van der Waals surface area contributed by atoms with Crippen LogP contribution in [0.4, 0.5) is 0 Å². The molecule has 0 radical (unpaired) electrons. The molecule has 24 heavy (non-hydrogen) atoms. The van der Waals surface area contributed by atoms with Crippen LogP contribution in [-0.2, 0) is 14.4 Å². The van der Waals surface area contributed by atoms with E-state index in [9.17, 15) is 14.4 Å². The number of ketones is 2. The van der Waals surface area contributed by atoms with Crippen LogP contribution in [0, 0.1) is 48.3 Å². The number of Topliss-reactive ketones (excluding diaryl/α,β-unsaturated/α-hetero) is 2. The lowest BCUT2D eigenvalue weighted by atomic mass is 9.69. The molecule has 3 fully saturated rings. The monoisotopic (exact) mass is 322 g/mol. The van der Waals surface area contributed by atoms with Gasteiger partial charge in [-0.3, -0.25) is 14.4 Å². The number of ether oxygens (including phenoxy) is 1. The molecule has 4 bridgehead atoms. The molecule has 0 saturated heterocycles. The predicted molar refractivity (Wildman–Crippen MR) is 85.0 cm³/mol. The lowest BCUT2D eigenvalue weighted by Gasteiger charge is -2.33. The number of aryl methyl sites for hydroxylation is 1. The topological polar surface area (TPSA) is 60.4 Å². The first-order valence-electron chi connectivity index (χ1n) is 8.60. The van der Waals surface area contributed by atoms with Gasteiger partial charge >= 0.3 is 5.97 Å². The summed E-state index contributed by atoms with van der Waals surface area (Å²) in [6.07, 6.45) is 4.46. The molecule has 0 spiro atoms. The van der Waals surface area contributed by atoms with E-state index < -0.39 is 5.92 Å². The first-order chi connectivity index (χ1) is 11.6. The molecule has 7 unspecified atom stereocenters. The number of benzene rings is 1. The van der Waals surface area contributed by atoms with E-state index in [2.05, 4.69) is 0 Å². The number of carbonyl (C=O) groups excluding carboxylic acids is 3. The van der Waals surface area contributed by atoms with E-state index >= 15 is 0 Å². The molecule has 4 aliphatic rings. The van der Waals surface area contributed by atoms with Crippen molar-refractivity contribution in [2.45, 2.75) is 13.3 Å². The zero-order chi connectivity index (χ0) is 16.6. The van der Waals surface area contributed by atoms with E-state index in [1.807, 2.05) is 31.2 Å². The molecule has 1 aromatic carbocycles. The Labute approximate surface area is 139 Å². The SMILES string of the molecule is Cc1ccc(OC(=O)C2CC3C(=O)C2C2C4C=CC(C4=O)C32)cc1. The molecule has 0 aliphatic heterocycles. The van der Waals surface area contributed by atoms with E-state index in [4.69, 9.17) is 4.74 Å². The van der Waals surface area contributed by atoms with Gasteiger partial charge in [-0.1, -0.05) is 29.8 Å². The summed E-state index contributed by atoms with van der Waals surface area (Å²) in [4.78, 5) is 37.6. The maximum absolute atomic E-state index is 12.7. The van der Waals surface area contributed by atoms with Crippen LogP contribution in [0.5, 0.6) is 5.75 Å². The Morgan fingerprint density at radius 3 is 2.38 bits per heavy atom. The van der Waals surface area contributed by atoms with Crippen molar-refractivity contribution in [3.05, 3.63) is 42.0 Å².